The number of halogens is 3. The van der Waals surface area contributed by atoms with Crippen molar-refractivity contribution in [2.45, 2.75) is 52.2 Å². The van der Waals surface area contributed by atoms with Crippen molar-refractivity contribution in [3.05, 3.63) is 97.9 Å². The molecule has 4 aromatic heterocycles. The molecular weight excluding hydrogens is 514 g/mol. The Kier molecular flexibility index (Phi) is 6.75. The van der Waals surface area contributed by atoms with Gasteiger partial charge in [-0.3, -0.25) is 19.3 Å². The number of ether oxygens (including phenoxy) is 1. The van der Waals surface area contributed by atoms with Gasteiger partial charge >= 0.3 is 0 Å². The van der Waals surface area contributed by atoms with Gasteiger partial charge in [-0.2, -0.15) is 0 Å². The topological polar surface area (TPSA) is 90.1 Å². The summed E-state index contributed by atoms with van der Waals surface area (Å²) in [4.78, 5) is 26.3. The first-order valence-electron chi connectivity index (χ1n) is 12.2. The molecule has 0 bridgehead atoms. The predicted molar refractivity (Wildman–Crippen MR) is 139 cm³/mol. The number of pyridine rings is 4. The summed E-state index contributed by atoms with van der Waals surface area (Å²) in [5.74, 6) is -1.60. The van der Waals surface area contributed by atoms with Gasteiger partial charge in [-0.15, -0.1) is 0 Å². The second kappa shape index (κ2) is 9.89. The van der Waals surface area contributed by atoms with Gasteiger partial charge in [0.1, 0.15) is 34.5 Å². The highest BCUT2D eigenvalue weighted by Crippen LogP contribution is 2.39. The van der Waals surface area contributed by atoms with E-state index in [1.807, 2.05) is 26.0 Å². The summed E-state index contributed by atoms with van der Waals surface area (Å²) in [5.41, 5.74) is 3.03. The van der Waals surface area contributed by atoms with E-state index in [1.54, 1.807) is 25.3 Å². The van der Waals surface area contributed by atoms with Crippen LogP contribution in [0, 0.1) is 25.5 Å². The van der Waals surface area contributed by atoms with E-state index in [2.05, 4.69) is 9.97 Å². The third-order valence-electron chi connectivity index (χ3n) is 6.94. The van der Waals surface area contributed by atoms with Gasteiger partial charge in [-0.05, 0) is 56.4 Å². The summed E-state index contributed by atoms with van der Waals surface area (Å²) >= 11 is 6.38. The Labute approximate surface area is 222 Å². The van der Waals surface area contributed by atoms with Crippen LogP contribution in [0.15, 0.2) is 47.5 Å². The van der Waals surface area contributed by atoms with E-state index >= 15 is 0 Å². The van der Waals surface area contributed by atoms with Crippen LogP contribution < -0.4 is 10.3 Å². The maximum atomic E-state index is 13.9. The second-order valence-corrected chi connectivity index (χ2v) is 9.80. The van der Waals surface area contributed by atoms with Crippen LogP contribution in [-0.2, 0) is 18.6 Å². The first kappa shape index (κ1) is 25.9. The largest absolute Gasteiger partial charge is 0.485 e. The van der Waals surface area contributed by atoms with Crippen molar-refractivity contribution in [1.82, 2.24) is 19.5 Å². The Balaban J connectivity index is 1.51. The highest BCUT2D eigenvalue weighted by molar-refractivity contribution is 6.31. The van der Waals surface area contributed by atoms with Gasteiger partial charge in [-0.1, -0.05) is 24.6 Å². The molecule has 4 heterocycles. The molecule has 0 saturated carbocycles. The van der Waals surface area contributed by atoms with Crippen molar-refractivity contribution >= 4 is 11.6 Å². The van der Waals surface area contributed by atoms with E-state index in [0.717, 1.165) is 23.7 Å². The average molecular weight is 539 g/mol. The van der Waals surface area contributed by atoms with Crippen LogP contribution in [0.3, 0.4) is 0 Å². The van der Waals surface area contributed by atoms with E-state index < -0.39 is 22.8 Å². The molecule has 0 spiro atoms. The monoisotopic (exact) mass is 538 g/mol. The van der Waals surface area contributed by atoms with Crippen LogP contribution >= 0.6 is 11.6 Å². The zero-order valence-electron chi connectivity index (χ0n) is 21.1. The van der Waals surface area contributed by atoms with E-state index in [-0.39, 0.29) is 23.1 Å². The number of fused-ring (bicyclic) bond motifs is 1. The van der Waals surface area contributed by atoms with Crippen molar-refractivity contribution in [2.75, 3.05) is 0 Å². The molecule has 4 aromatic rings. The Bertz CT molecular complexity index is 1620. The minimum absolute atomic E-state index is 0.0574. The van der Waals surface area contributed by atoms with Crippen LogP contribution in [0.5, 0.6) is 5.75 Å². The SMILES string of the molecule is CC[C@]1(O)CCc2ccc(-c3cc(-n4c(C)cc(OCc5ncc(F)cc5F)c(Cl)c4=O)c(C)cn3)nc21. The molecule has 0 unspecified atom stereocenters. The number of aryl methyl sites for hydroxylation is 3. The van der Waals surface area contributed by atoms with Gasteiger partial charge in [0.15, 0.2) is 5.82 Å². The maximum Gasteiger partial charge on any atom is 0.277 e. The summed E-state index contributed by atoms with van der Waals surface area (Å²) < 4.78 is 34.1. The molecule has 1 atom stereocenters. The highest BCUT2D eigenvalue weighted by Gasteiger charge is 2.36. The van der Waals surface area contributed by atoms with Gasteiger partial charge < -0.3 is 9.84 Å². The number of aliphatic hydroxyl groups is 1. The van der Waals surface area contributed by atoms with Crippen LogP contribution in [0.4, 0.5) is 8.78 Å². The van der Waals surface area contributed by atoms with Gasteiger partial charge in [0.25, 0.3) is 5.56 Å². The molecule has 0 aliphatic heterocycles. The van der Waals surface area contributed by atoms with Crippen molar-refractivity contribution < 1.29 is 18.6 Å². The molecule has 0 saturated heterocycles. The molecule has 1 N–H and O–H groups in total. The van der Waals surface area contributed by atoms with Crippen LogP contribution in [-0.4, -0.2) is 24.6 Å². The molecule has 7 nitrogen and oxygen atoms in total. The fourth-order valence-electron chi connectivity index (χ4n) is 4.71. The van der Waals surface area contributed by atoms with Crippen molar-refractivity contribution in [2.24, 2.45) is 0 Å². The van der Waals surface area contributed by atoms with Crippen LogP contribution in [0.25, 0.3) is 17.1 Å². The van der Waals surface area contributed by atoms with Crippen LogP contribution in [0.1, 0.15) is 48.0 Å². The molecule has 0 radical (unpaired) electrons. The molecule has 5 rings (SSSR count). The molecule has 1 aliphatic rings. The average Bonchev–Trinajstić information content (AvgIpc) is 3.23. The Morgan fingerprint density at radius 1 is 1.13 bits per heavy atom. The number of hydrogen-bond acceptors (Lipinski definition) is 6. The first-order valence-corrected chi connectivity index (χ1v) is 12.5. The van der Waals surface area contributed by atoms with Crippen molar-refractivity contribution in [3.8, 4) is 22.8 Å². The van der Waals surface area contributed by atoms with E-state index in [0.29, 0.717) is 47.4 Å². The number of nitrogens with zero attached hydrogens (tertiary/aromatic N) is 4. The molecule has 0 amide bonds. The Morgan fingerprint density at radius 3 is 2.66 bits per heavy atom. The second-order valence-electron chi connectivity index (χ2n) is 9.42. The quantitative estimate of drug-likeness (QED) is 0.355. The highest BCUT2D eigenvalue weighted by atomic mass is 35.5. The summed E-state index contributed by atoms with van der Waals surface area (Å²) in [7, 11) is 0. The van der Waals surface area contributed by atoms with Gasteiger partial charge in [0.05, 0.1) is 29.0 Å². The fourth-order valence-corrected chi connectivity index (χ4v) is 4.91. The van der Waals surface area contributed by atoms with E-state index in [4.69, 9.17) is 21.3 Å². The molecule has 0 fully saturated rings. The minimum Gasteiger partial charge on any atom is -0.485 e. The zero-order valence-corrected chi connectivity index (χ0v) is 21.8. The molecule has 38 heavy (non-hydrogen) atoms. The molecule has 196 valence electrons. The van der Waals surface area contributed by atoms with E-state index in [9.17, 15) is 18.7 Å². The lowest BCUT2D eigenvalue weighted by molar-refractivity contribution is 0.0307. The maximum absolute atomic E-state index is 13.9. The van der Waals surface area contributed by atoms with Gasteiger partial charge in [0, 0.05) is 24.0 Å². The van der Waals surface area contributed by atoms with Crippen LogP contribution in [0.2, 0.25) is 5.02 Å². The molecule has 1 aliphatic carbocycles. The normalized spacial score (nSPS) is 16.5. The lowest BCUT2D eigenvalue weighted by Crippen LogP contribution is -2.23. The minimum atomic E-state index is -0.956. The van der Waals surface area contributed by atoms with Gasteiger partial charge in [-0.25, -0.2) is 13.8 Å². The molecule has 10 heteroatoms. The summed E-state index contributed by atoms with van der Waals surface area (Å²) in [6.07, 6.45) is 4.50. The Morgan fingerprint density at radius 2 is 1.92 bits per heavy atom. The first-order chi connectivity index (χ1) is 18.1. The number of rotatable bonds is 6. The number of hydrogen-bond donors (Lipinski definition) is 1. The standard InChI is InChI=1S/C28H25ClF2N4O3/c1-4-28(37)8-7-17-5-6-20(34-26(17)28)21-11-23(15(2)12-32-21)35-16(3)9-24(25(29)27(35)36)38-14-22-19(31)10-18(30)13-33-22/h5-6,9-13,37H,4,7-8,14H2,1-3H3/t28-/m0/s1. The molecule has 0 aromatic carbocycles. The smallest absolute Gasteiger partial charge is 0.277 e. The zero-order chi connectivity index (χ0) is 27.2. The third kappa shape index (κ3) is 4.56. The Hall–Kier alpha value is -3.69. The van der Waals surface area contributed by atoms with E-state index in [1.165, 1.54) is 4.57 Å². The summed E-state index contributed by atoms with van der Waals surface area (Å²) in [5, 5.41) is 10.8. The van der Waals surface area contributed by atoms with Crippen molar-refractivity contribution in [1.29, 1.82) is 0 Å². The lowest BCUT2D eigenvalue weighted by Gasteiger charge is -2.21. The lowest BCUT2D eigenvalue weighted by atomic mass is 9.97. The fraction of sp³-hybridized carbons (Fsp3) is 0.286. The number of aromatic nitrogens is 4. The van der Waals surface area contributed by atoms with Crippen molar-refractivity contribution in [3.63, 3.8) is 0 Å². The predicted octanol–water partition coefficient (Wildman–Crippen LogP) is 5.36. The summed E-state index contributed by atoms with van der Waals surface area (Å²) in [6, 6.07) is 7.86. The third-order valence-corrected chi connectivity index (χ3v) is 7.29. The van der Waals surface area contributed by atoms with Gasteiger partial charge in [0.2, 0.25) is 0 Å². The molecular formula is C28H25ClF2N4O3. The summed E-state index contributed by atoms with van der Waals surface area (Å²) in [6.45, 7) is 5.15.